The van der Waals surface area contributed by atoms with E-state index in [1.807, 2.05) is 0 Å². The van der Waals surface area contributed by atoms with E-state index in [2.05, 4.69) is 10.6 Å². The van der Waals surface area contributed by atoms with Crippen molar-refractivity contribution in [2.24, 2.45) is 5.92 Å². The lowest BCUT2D eigenvalue weighted by molar-refractivity contribution is -0.141. The number of esters is 1. The molecule has 0 saturated heterocycles. The molecule has 27 heavy (non-hydrogen) atoms. The highest BCUT2D eigenvalue weighted by molar-refractivity contribution is 6.30. The fourth-order valence-electron chi connectivity index (χ4n) is 2.37. The van der Waals surface area contributed by atoms with Crippen LogP contribution in [0.5, 0.6) is 0 Å². The summed E-state index contributed by atoms with van der Waals surface area (Å²) in [6, 6.07) is 5.36. The first-order valence-electron chi connectivity index (χ1n) is 8.73. The summed E-state index contributed by atoms with van der Waals surface area (Å²) in [7, 11) is 1.28. The lowest BCUT2D eigenvalue weighted by atomic mass is 10.00. The molecule has 0 bridgehead atoms. The number of hydrogen-bond acceptors (Lipinski definition) is 5. The van der Waals surface area contributed by atoms with Gasteiger partial charge in [0.15, 0.2) is 0 Å². The van der Waals surface area contributed by atoms with Gasteiger partial charge in [0.25, 0.3) is 0 Å². The van der Waals surface area contributed by atoms with E-state index in [0.717, 1.165) is 0 Å². The summed E-state index contributed by atoms with van der Waals surface area (Å²) in [5, 5.41) is 5.92. The third-order valence-electron chi connectivity index (χ3n) is 3.75. The number of methoxy groups -OCH3 is 1. The number of carbonyl (C=O) groups is 3. The maximum atomic E-state index is 12.8. The van der Waals surface area contributed by atoms with Crippen molar-refractivity contribution in [3.63, 3.8) is 0 Å². The number of benzene rings is 1. The summed E-state index contributed by atoms with van der Waals surface area (Å²) < 4.78 is 9.76. The molecule has 2 amide bonds. The van der Waals surface area contributed by atoms with Crippen molar-refractivity contribution in [3.05, 3.63) is 34.9 Å². The molecule has 0 saturated carbocycles. The number of hydrogen-bond donors (Lipinski definition) is 2. The van der Waals surface area contributed by atoms with E-state index in [-0.39, 0.29) is 18.4 Å². The van der Waals surface area contributed by atoms with Crippen molar-refractivity contribution < 1.29 is 23.9 Å². The van der Waals surface area contributed by atoms with E-state index >= 15 is 0 Å². The van der Waals surface area contributed by atoms with Gasteiger partial charge in [0, 0.05) is 5.02 Å². The fraction of sp³-hybridized carbons (Fsp3) is 0.526. The molecule has 0 fully saturated rings. The van der Waals surface area contributed by atoms with Gasteiger partial charge in [0.2, 0.25) is 5.91 Å². The van der Waals surface area contributed by atoms with E-state index < -0.39 is 30.1 Å². The quantitative estimate of drug-likeness (QED) is 0.656. The molecule has 150 valence electrons. The van der Waals surface area contributed by atoms with Crippen LogP contribution in [0.4, 0.5) is 4.79 Å². The van der Waals surface area contributed by atoms with Crippen molar-refractivity contribution in [1.29, 1.82) is 0 Å². The van der Waals surface area contributed by atoms with Crippen LogP contribution < -0.4 is 10.6 Å². The third kappa shape index (κ3) is 7.86. The van der Waals surface area contributed by atoms with Crippen molar-refractivity contribution in [2.75, 3.05) is 7.11 Å². The van der Waals surface area contributed by atoms with Gasteiger partial charge in [0.1, 0.15) is 6.04 Å². The molecular formula is C19H27ClN2O5. The lowest BCUT2D eigenvalue weighted by Crippen LogP contribution is -2.51. The Kier molecular flexibility index (Phi) is 9.08. The number of halogens is 1. The highest BCUT2D eigenvalue weighted by Crippen LogP contribution is 2.20. The van der Waals surface area contributed by atoms with Gasteiger partial charge in [-0.25, -0.2) is 4.79 Å². The highest BCUT2D eigenvalue weighted by atomic mass is 35.5. The predicted octanol–water partition coefficient (Wildman–Crippen LogP) is 3.22. The van der Waals surface area contributed by atoms with Crippen molar-refractivity contribution >= 4 is 29.6 Å². The Morgan fingerprint density at radius 2 is 1.63 bits per heavy atom. The minimum atomic E-state index is -0.816. The molecular weight excluding hydrogens is 372 g/mol. The Hall–Kier alpha value is -2.28. The summed E-state index contributed by atoms with van der Waals surface area (Å²) in [5.74, 6) is -1.08. The zero-order chi connectivity index (χ0) is 20.6. The molecule has 1 aromatic rings. The van der Waals surface area contributed by atoms with Crippen LogP contribution >= 0.6 is 11.6 Å². The molecule has 1 aromatic carbocycles. The SMILES string of the molecule is COC(=O)C[C@H](NC(=O)C(NC(=O)OC(C)C)C(C)C)c1ccc(Cl)cc1. The van der Waals surface area contributed by atoms with Gasteiger partial charge >= 0.3 is 12.1 Å². The fourth-order valence-corrected chi connectivity index (χ4v) is 2.49. The molecule has 0 aliphatic carbocycles. The second-order valence-corrected chi connectivity index (χ2v) is 7.15. The zero-order valence-electron chi connectivity index (χ0n) is 16.2. The largest absolute Gasteiger partial charge is 0.469 e. The molecule has 7 nitrogen and oxygen atoms in total. The Morgan fingerprint density at radius 1 is 1.04 bits per heavy atom. The standard InChI is InChI=1S/C19H27ClN2O5/c1-11(2)17(22-19(25)27-12(3)4)18(24)21-15(10-16(23)26-5)13-6-8-14(20)9-7-13/h6-9,11-12,15,17H,10H2,1-5H3,(H,21,24)(H,22,25)/t15-,17?/m0/s1. The first kappa shape index (κ1) is 22.8. The zero-order valence-corrected chi connectivity index (χ0v) is 17.0. The van der Waals surface area contributed by atoms with Gasteiger partial charge in [-0.1, -0.05) is 37.6 Å². The van der Waals surface area contributed by atoms with E-state index in [1.54, 1.807) is 52.0 Å². The molecule has 0 radical (unpaired) electrons. The van der Waals surface area contributed by atoms with Crippen molar-refractivity contribution in [3.8, 4) is 0 Å². The van der Waals surface area contributed by atoms with E-state index in [4.69, 9.17) is 21.1 Å². The minimum absolute atomic E-state index is 0.0505. The maximum Gasteiger partial charge on any atom is 0.408 e. The van der Waals surface area contributed by atoms with Crippen LogP contribution in [0, 0.1) is 5.92 Å². The van der Waals surface area contributed by atoms with E-state index in [9.17, 15) is 14.4 Å². The van der Waals surface area contributed by atoms with Crippen LogP contribution in [0.15, 0.2) is 24.3 Å². The second-order valence-electron chi connectivity index (χ2n) is 6.71. The second kappa shape index (κ2) is 10.8. The van der Waals surface area contributed by atoms with Crippen molar-refractivity contribution in [1.82, 2.24) is 10.6 Å². The topological polar surface area (TPSA) is 93.7 Å². The predicted molar refractivity (Wildman–Crippen MR) is 102 cm³/mol. The monoisotopic (exact) mass is 398 g/mol. The number of ether oxygens (including phenoxy) is 2. The minimum Gasteiger partial charge on any atom is -0.469 e. The number of amides is 2. The number of carbonyl (C=O) groups excluding carboxylic acids is 3. The Labute approximate surface area is 164 Å². The summed E-state index contributed by atoms with van der Waals surface area (Å²) in [5.41, 5.74) is 0.699. The average Bonchev–Trinajstić information content (AvgIpc) is 2.58. The molecule has 1 unspecified atom stereocenters. The van der Waals surface area contributed by atoms with Crippen LogP contribution in [-0.4, -0.2) is 37.2 Å². The molecule has 2 N–H and O–H groups in total. The Bertz CT molecular complexity index is 646. The van der Waals surface area contributed by atoms with Crippen LogP contribution in [0.2, 0.25) is 5.02 Å². The summed E-state index contributed by atoms with van der Waals surface area (Å²) in [4.78, 5) is 36.4. The molecule has 8 heteroatoms. The van der Waals surface area contributed by atoms with Crippen LogP contribution in [0.3, 0.4) is 0 Å². The summed E-state index contributed by atoms with van der Waals surface area (Å²) >= 11 is 5.91. The van der Waals surface area contributed by atoms with Crippen molar-refractivity contribution in [2.45, 2.75) is 52.3 Å². The smallest absolute Gasteiger partial charge is 0.408 e. The molecule has 0 spiro atoms. The van der Waals surface area contributed by atoms with Crippen LogP contribution in [0.25, 0.3) is 0 Å². The van der Waals surface area contributed by atoms with Gasteiger partial charge in [-0.05, 0) is 37.5 Å². The molecule has 0 aliphatic heterocycles. The maximum absolute atomic E-state index is 12.8. The van der Waals surface area contributed by atoms with Gasteiger partial charge in [0.05, 0.1) is 25.7 Å². The summed E-state index contributed by atoms with van der Waals surface area (Å²) in [6.45, 7) is 7.04. The first-order valence-corrected chi connectivity index (χ1v) is 9.11. The number of nitrogens with one attached hydrogen (secondary N) is 2. The normalized spacial score (nSPS) is 13.0. The number of alkyl carbamates (subject to hydrolysis) is 1. The molecule has 0 heterocycles. The lowest BCUT2D eigenvalue weighted by Gasteiger charge is -2.25. The summed E-state index contributed by atoms with van der Waals surface area (Å²) in [6.07, 6.45) is -1.03. The van der Waals surface area contributed by atoms with E-state index in [1.165, 1.54) is 7.11 Å². The van der Waals surface area contributed by atoms with Gasteiger partial charge < -0.3 is 20.1 Å². The molecule has 0 aromatic heterocycles. The van der Waals surface area contributed by atoms with E-state index in [0.29, 0.717) is 10.6 Å². The third-order valence-corrected chi connectivity index (χ3v) is 4.00. The van der Waals surface area contributed by atoms with Gasteiger partial charge in [-0.3, -0.25) is 9.59 Å². The number of rotatable bonds is 8. The molecule has 1 rings (SSSR count). The molecule has 2 atom stereocenters. The van der Waals surface area contributed by atoms with Crippen LogP contribution in [0.1, 0.15) is 45.7 Å². The first-order chi connectivity index (χ1) is 12.6. The van der Waals surface area contributed by atoms with Gasteiger partial charge in [-0.15, -0.1) is 0 Å². The Morgan fingerprint density at radius 3 is 2.11 bits per heavy atom. The average molecular weight is 399 g/mol. The molecule has 0 aliphatic rings. The van der Waals surface area contributed by atoms with Crippen LogP contribution in [-0.2, 0) is 19.1 Å². The highest BCUT2D eigenvalue weighted by Gasteiger charge is 2.28. The Balaban J connectivity index is 2.95. The van der Waals surface area contributed by atoms with Gasteiger partial charge in [-0.2, -0.15) is 0 Å².